The second kappa shape index (κ2) is 6.12. The number of morpholine rings is 1. The molecule has 0 spiro atoms. The number of carbonyl (C=O) groups is 2. The van der Waals surface area contributed by atoms with Crippen molar-refractivity contribution >= 4 is 11.9 Å². The molecule has 0 radical (unpaired) electrons. The van der Waals surface area contributed by atoms with Gasteiger partial charge in [-0.2, -0.15) is 0 Å². The van der Waals surface area contributed by atoms with E-state index in [9.17, 15) is 9.59 Å². The van der Waals surface area contributed by atoms with Gasteiger partial charge in [0.1, 0.15) is 0 Å². The zero-order valence-electron chi connectivity index (χ0n) is 12.4. The molecule has 0 aromatic heterocycles. The van der Waals surface area contributed by atoms with E-state index >= 15 is 0 Å². The SMILES string of the molecule is CC1(C)CCC(CC(=O)N2CCOC(C(=O)O)C2)CC1. The van der Waals surface area contributed by atoms with Crippen molar-refractivity contribution < 1.29 is 19.4 Å². The minimum Gasteiger partial charge on any atom is -0.479 e. The van der Waals surface area contributed by atoms with Crippen molar-refractivity contribution in [3.63, 3.8) is 0 Å². The van der Waals surface area contributed by atoms with E-state index in [0.29, 0.717) is 30.9 Å². The molecule has 2 aliphatic rings. The highest BCUT2D eigenvalue weighted by atomic mass is 16.5. The highest BCUT2D eigenvalue weighted by Crippen LogP contribution is 2.39. The summed E-state index contributed by atoms with van der Waals surface area (Å²) in [6.07, 6.45) is 4.25. The van der Waals surface area contributed by atoms with Crippen LogP contribution in [0.5, 0.6) is 0 Å². The first-order valence-corrected chi connectivity index (χ1v) is 7.49. The van der Waals surface area contributed by atoms with Crippen molar-refractivity contribution in [1.29, 1.82) is 0 Å². The maximum absolute atomic E-state index is 12.3. The minimum atomic E-state index is -0.984. The molecule has 1 N–H and O–H groups in total. The van der Waals surface area contributed by atoms with Gasteiger partial charge in [0.15, 0.2) is 6.10 Å². The molecule has 114 valence electrons. The third-order valence-electron chi connectivity index (χ3n) is 4.62. The molecule has 0 bridgehead atoms. The highest BCUT2D eigenvalue weighted by Gasteiger charge is 2.32. The smallest absolute Gasteiger partial charge is 0.334 e. The van der Waals surface area contributed by atoms with Crippen LogP contribution < -0.4 is 0 Å². The third kappa shape index (κ3) is 3.95. The van der Waals surface area contributed by atoms with E-state index in [2.05, 4.69) is 13.8 Å². The van der Waals surface area contributed by atoms with Crippen LogP contribution in [0, 0.1) is 11.3 Å². The van der Waals surface area contributed by atoms with Crippen LogP contribution in [-0.2, 0) is 14.3 Å². The fraction of sp³-hybridized carbons (Fsp3) is 0.867. The maximum atomic E-state index is 12.3. The summed E-state index contributed by atoms with van der Waals surface area (Å²) in [5.41, 5.74) is 0.410. The topological polar surface area (TPSA) is 66.8 Å². The van der Waals surface area contributed by atoms with Gasteiger partial charge in [-0.15, -0.1) is 0 Å². The van der Waals surface area contributed by atoms with Crippen LogP contribution >= 0.6 is 0 Å². The van der Waals surface area contributed by atoms with E-state index < -0.39 is 12.1 Å². The van der Waals surface area contributed by atoms with E-state index in [0.717, 1.165) is 12.8 Å². The van der Waals surface area contributed by atoms with Gasteiger partial charge >= 0.3 is 5.97 Å². The molecule has 1 aliphatic carbocycles. The molecule has 1 atom stereocenters. The van der Waals surface area contributed by atoms with Crippen molar-refractivity contribution in [2.45, 2.75) is 52.1 Å². The number of carbonyl (C=O) groups excluding carboxylic acids is 1. The van der Waals surface area contributed by atoms with Crippen LogP contribution in [0.1, 0.15) is 46.0 Å². The van der Waals surface area contributed by atoms with Gasteiger partial charge in [-0.05, 0) is 37.0 Å². The molecule has 1 amide bonds. The maximum Gasteiger partial charge on any atom is 0.334 e. The Bertz CT molecular complexity index is 370. The van der Waals surface area contributed by atoms with Crippen LogP contribution in [0.3, 0.4) is 0 Å². The molecule has 0 aromatic rings. The second-order valence-electron chi connectivity index (χ2n) is 6.85. The van der Waals surface area contributed by atoms with Gasteiger partial charge in [-0.25, -0.2) is 4.79 Å². The van der Waals surface area contributed by atoms with Crippen LogP contribution in [0.25, 0.3) is 0 Å². The van der Waals surface area contributed by atoms with E-state index in [1.54, 1.807) is 4.90 Å². The number of hydrogen-bond acceptors (Lipinski definition) is 3. The molecule has 5 nitrogen and oxygen atoms in total. The van der Waals surface area contributed by atoms with Gasteiger partial charge in [0.2, 0.25) is 5.91 Å². The van der Waals surface area contributed by atoms with Gasteiger partial charge in [0, 0.05) is 13.0 Å². The summed E-state index contributed by atoms with van der Waals surface area (Å²) in [4.78, 5) is 24.8. The average Bonchev–Trinajstić information content (AvgIpc) is 2.41. The van der Waals surface area contributed by atoms with E-state index in [1.165, 1.54) is 12.8 Å². The van der Waals surface area contributed by atoms with E-state index in [1.807, 2.05) is 0 Å². The first kappa shape index (κ1) is 15.3. The summed E-state index contributed by atoms with van der Waals surface area (Å²) in [6.45, 7) is 5.59. The van der Waals surface area contributed by atoms with E-state index in [-0.39, 0.29) is 12.5 Å². The van der Waals surface area contributed by atoms with E-state index in [4.69, 9.17) is 9.84 Å². The number of carboxylic acid groups (broad SMARTS) is 1. The molecule has 1 saturated heterocycles. The summed E-state index contributed by atoms with van der Waals surface area (Å²) in [7, 11) is 0. The lowest BCUT2D eigenvalue weighted by Gasteiger charge is -2.36. The Kier molecular flexibility index (Phi) is 4.68. The number of ether oxygens (including phenoxy) is 1. The first-order valence-electron chi connectivity index (χ1n) is 7.49. The van der Waals surface area contributed by atoms with Crippen LogP contribution in [0.4, 0.5) is 0 Å². The monoisotopic (exact) mass is 283 g/mol. The fourth-order valence-electron chi connectivity index (χ4n) is 3.06. The summed E-state index contributed by atoms with van der Waals surface area (Å²) < 4.78 is 5.14. The van der Waals surface area contributed by atoms with Crippen LogP contribution in [0.15, 0.2) is 0 Å². The number of nitrogens with zero attached hydrogens (tertiary/aromatic N) is 1. The summed E-state index contributed by atoms with van der Waals surface area (Å²) in [5.74, 6) is -0.437. The standard InChI is InChI=1S/C15H25NO4/c1-15(2)5-3-11(4-6-15)9-13(17)16-7-8-20-12(10-16)14(18)19/h11-12H,3-10H2,1-2H3,(H,18,19). The number of hydrogen-bond donors (Lipinski definition) is 1. The van der Waals surface area contributed by atoms with Gasteiger partial charge in [-0.1, -0.05) is 13.8 Å². The highest BCUT2D eigenvalue weighted by molar-refractivity contribution is 5.78. The summed E-state index contributed by atoms with van der Waals surface area (Å²) in [5, 5.41) is 8.95. The molecule has 1 unspecified atom stereocenters. The predicted octanol–water partition coefficient (Wildman–Crippen LogP) is 1.90. The zero-order chi connectivity index (χ0) is 14.8. The Morgan fingerprint density at radius 2 is 1.95 bits per heavy atom. The normalized spacial score (nSPS) is 27.3. The lowest BCUT2D eigenvalue weighted by molar-refractivity contribution is -0.159. The summed E-state index contributed by atoms with van der Waals surface area (Å²) >= 11 is 0. The number of aliphatic carboxylic acids is 1. The molecule has 2 rings (SSSR count). The summed E-state index contributed by atoms with van der Waals surface area (Å²) in [6, 6.07) is 0. The lowest BCUT2D eigenvalue weighted by atomic mass is 9.72. The van der Waals surface area contributed by atoms with Gasteiger partial charge in [-0.3, -0.25) is 4.79 Å². The van der Waals surface area contributed by atoms with Crippen molar-refractivity contribution in [2.75, 3.05) is 19.7 Å². The van der Waals surface area contributed by atoms with Crippen LogP contribution in [0.2, 0.25) is 0 Å². The number of amides is 1. The molecule has 1 aliphatic heterocycles. The average molecular weight is 283 g/mol. The number of rotatable bonds is 3. The molecule has 5 heteroatoms. The zero-order valence-corrected chi connectivity index (χ0v) is 12.4. The molecule has 2 fully saturated rings. The molecular weight excluding hydrogens is 258 g/mol. The Balaban J connectivity index is 1.81. The molecule has 1 saturated carbocycles. The van der Waals surface area contributed by atoms with Crippen molar-refractivity contribution in [2.24, 2.45) is 11.3 Å². The Labute approximate surface area is 120 Å². The quantitative estimate of drug-likeness (QED) is 0.859. The first-order chi connectivity index (χ1) is 9.37. The van der Waals surface area contributed by atoms with Gasteiger partial charge in [0.25, 0.3) is 0 Å². The fourth-order valence-corrected chi connectivity index (χ4v) is 3.06. The lowest BCUT2D eigenvalue weighted by Crippen LogP contribution is -2.49. The second-order valence-corrected chi connectivity index (χ2v) is 6.85. The Morgan fingerprint density at radius 1 is 1.30 bits per heavy atom. The van der Waals surface area contributed by atoms with Crippen molar-refractivity contribution in [3.05, 3.63) is 0 Å². The Morgan fingerprint density at radius 3 is 2.55 bits per heavy atom. The molecule has 1 heterocycles. The van der Waals surface area contributed by atoms with Gasteiger partial charge < -0.3 is 14.7 Å². The largest absolute Gasteiger partial charge is 0.479 e. The predicted molar refractivity (Wildman–Crippen MR) is 74.3 cm³/mol. The number of carboxylic acids is 1. The van der Waals surface area contributed by atoms with Crippen molar-refractivity contribution in [1.82, 2.24) is 4.90 Å². The third-order valence-corrected chi connectivity index (χ3v) is 4.62. The van der Waals surface area contributed by atoms with Gasteiger partial charge in [0.05, 0.1) is 13.2 Å². The van der Waals surface area contributed by atoms with Crippen molar-refractivity contribution in [3.8, 4) is 0 Å². The molecular formula is C15H25NO4. The Hall–Kier alpha value is -1.10. The minimum absolute atomic E-state index is 0.0873. The van der Waals surface area contributed by atoms with Crippen LogP contribution in [-0.4, -0.2) is 47.7 Å². The molecule has 0 aromatic carbocycles. The molecule has 20 heavy (non-hydrogen) atoms.